The lowest BCUT2D eigenvalue weighted by Crippen LogP contribution is -2.06. The lowest BCUT2D eigenvalue weighted by atomic mass is 10.2. The first-order valence-electron chi connectivity index (χ1n) is 5.99. The molecule has 0 fully saturated rings. The van der Waals surface area contributed by atoms with Gasteiger partial charge in [-0.3, -0.25) is 14.8 Å². The van der Waals surface area contributed by atoms with Crippen LogP contribution in [0.1, 0.15) is 38.1 Å². The average molecular weight is 241 g/mol. The van der Waals surface area contributed by atoms with Crippen LogP contribution in [0.25, 0.3) is 0 Å². The fraction of sp³-hybridized carbons (Fsp3) is 0.727. The molecule has 0 amide bonds. The molecule has 0 saturated heterocycles. The predicted molar refractivity (Wildman–Crippen MR) is 64.0 cm³/mol. The Morgan fingerprint density at radius 2 is 2.06 bits per heavy atom. The molecule has 6 heteroatoms. The van der Waals surface area contributed by atoms with E-state index >= 15 is 0 Å². The van der Waals surface area contributed by atoms with Crippen molar-refractivity contribution in [3.05, 3.63) is 21.5 Å². The van der Waals surface area contributed by atoms with Gasteiger partial charge in [0.25, 0.3) is 0 Å². The third-order valence-electron chi connectivity index (χ3n) is 2.73. The highest BCUT2D eigenvalue weighted by Gasteiger charge is 2.24. The summed E-state index contributed by atoms with van der Waals surface area (Å²) >= 11 is 0. The van der Waals surface area contributed by atoms with Crippen molar-refractivity contribution in [2.45, 2.75) is 46.1 Å². The van der Waals surface area contributed by atoms with E-state index in [1.807, 2.05) is 13.8 Å². The normalized spacial score (nSPS) is 10.8. The summed E-state index contributed by atoms with van der Waals surface area (Å²) in [6.45, 7) is 4.54. The third-order valence-corrected chi connectivity index (χ3v) is 2.73. The van der Waals surface area contributed by atoms with Crippen LogP contribution in [-0.4, -0.2) is 26.4 Å². The van der Waals surface area contributed by atoms with Crippen LogP contribution < -0.4 is 0 Å². The second kappa shape index (κ2) is 6.34. The minimum absolute atomic E-state index is 0.144. The molecule has 1 rings (SSSR count). The molecule has 0 unspecified atom stereocenters. The Balaban J connectivity index is 3.00. The standard InChI is InChI=1S/C11H19N3O3/c1-3-9-11(14(16)17)10(4-2)13(12-9)7-5-6-8-15/h15H,3-8H2,1-2H3. The largest absolute Gasteiger partial charge is 0.396 e. The smallest absolute Gasteiger partial charge is 0.313 e. The number of aliphatic hydroxyl groups is 1. The van der Waals surface area contributed by atoms with Crippen molar-refractivity contribution >= 4 is 5.69 Å². The van der Waals surface area contributed by atoms with Crippen LogP contribution >= 0.6 is 0 Å². The molecule has 1 aromatic rings. The van der Waals surface area contributed by atoms with Crippen molar-refractivity contribution in [3.63, 3.8) is 0 Å². The lowest BCUT2D eigenvalue weighted by molar-refractivity contribution is -0.386. The van der Waals surface area contributed by atoms with E-state index in [2.05, 4.69) is 5.10 Å². The van der Waals surface area contributed by atoms with Gasteiger partial charge in [0.1, 0.15) is 11.4 Å². The van der Waals surface area contributed by atoms with Crippen LogP contribution in [0.3, 0.4) is 0 Å². The second-order valence-electron chi connectivity index (χ2n) is 3.86. The molecule has 1 heterocycles. The number of nitro groups is 1. The van der Waals surface area contributed by atoms with Crippen molar-refractivity contribution in [3.8, 4) is 0 Å². The van der Waals surface area contributed by atoms with Crippen molar-refractivity contribution in [2.75, 3.05) is 6.61 Å². The first-order chi connectivity index (χ1) is 8.15. The number of nitrogens with zero attached hydrogens (tertiary/aromatic N) is 3. The molecule has 1 N–H and O–H groups in total. The summed E-state index contributed by atoms with van der Waals surface area (Å²) in [6.07, 6.45) is 2.64. The summed E-state index contributed by atoms with van der Waals surface area (Å²) in [5, 5.41) is 24.0. The fourth-order valence-electron chi connectivity index (χ4n) is 1.90. The molecule has 0 saturated carbocycles. The Hall–Kier alpha value is -1.43. The van der Waals surface area contributed by atoms with E-state index in [1.165, 1.54) is 0 Å². The van der Waals surface area contributed by atoms with Gasteiger partial charge in [-0.2, -0.15) is 5.10 Å². The molecular weight excluding hydrogens is 222 g/mol. The first-order valence-corrected chi connectivity index (χ1v) is 5.99. The minimum Gasteiger partial charge on any atom is -0.396 e. The maximum absolute atomic E-state index is 11.0. The Labute approximate surface area is 100 Å². The van der Waals surface area contributed by atoms with Crippen molar-refractivity contribution in [1.82, 2.24) is 9.78 Å². The van der Waals surface area contributed by atoms with E-state index in [1.54, 1.807) is 4.68 Å². The zero-order valence-corrected chi connectivity index (χ0v) is 10.3. The monoisotopic (exact) mass is 241 g/mol. The number of rotatable bonds is 7. The summed E-state index contributed by atoms with van der Waals surface area (Å²) in [4.78, 5) is 10.7. The van der Waals surface area contributed by atoms with Gasteiger partial charge >= 0.3 is 5.69 Å². The number of aliphatic hydroxyl groups excluding tert-OH is 1. The van der Waals surface area contributed by atoms with E-state index in [0.29, 0.717) is 37.2 Å². The molecule has 0 aromatic carbocycles. The van der Waals surface area contributed by atoms with Gasteiger partial charge in [-0.05, 0) is 25.7 Å². The Morgan fingerprint density at radius 3 is 2.53 bits per heavy atom. The van der Waals surface area contributed by atoms with E-state index < -0.39 is 0 Å². The van der Waals surface area contributed by atoms with Gasteiger partial charge in [-0.15, -0.1) is 0 Å². The molecule has 0 aliphatic heterocycles. The summed E-state index contributed by atoms with van der Waals surface area (Å²) in [7, 11) is 0. The summed E-state index contributed by atoms with van der Waals surface area (Å²) < 4.78 is 1.71. The van der Waals surface area contributed by atoms with Crippen LogP contribution in [0, 0.1) is 10.1 Å². The van der Waals surface area contributed by atoms with Crippen molar-refractivity contribution in [1.29, 1.82) is 0 Å². The van der Waals surface area contributed by atoms with Gasteiger partial charge in [-0.25, -0.2) is 0 Å². The van der Waals surface area contributed by atoms with Gasteiger partial charge in [0.05, 0.1) is 4.92 Å². The number of aryl methyl sites for hydroxylation is 2. The van der Waals surface area contributed by atoms with Crippen LogP contribution in [0.2, 0.25) is 0 Å². The third kappa shape index (κ3) is 3.03. The average Bonchev–Trinajstić information content (AvgIpc) is 2.67. The second-order valence-corrected chi connectivity index (χ2v) is 3.86. The van der Waals surface area contributed by atoms with Gasteiger partial charge in [0, 0.05) is 13.2 Å². The molecule has 6 nitrogen and oxygen atoms in total. The molecule has 0 aliphatic carbocycles. The number of unbranched alkanes of at least 4 members (excludes halogenated alkanes) is 1. The molecule has 1 aromatic heterocycles. The quantitative estimate of drug-likeness (QED) is 0.447. The highest BCUT2D eigenvalue weighted by molar-refractivity contribution is 5.41. The Bertz CT molecular complexity index is 388. The minimum atomic E-state index is -0.340. The molecule has 0 radical (unpaired) electrons. The summed E-state index contributed by atoms with van der Waals surface area (Å²) in [6, 6.07) is 0. The number of aromatic nitrogens is 2. The van der Waals surface area contributed by atoms with Crippen LogP contribution in [0.5, 0.6) is 0 Å². The topological polar surface area (TPSA) is 81.2 Å². The van der Waals surface area contributed by atoms with Crippen molar-refractivity contribution < 1.29 is 10.0 Å². The highest BCUT2D eigenvalue weighted by Crippen LogP contribution is 2.24. The summed E-state index contributed by atoms with van der Waals surface area (Å²) in [5.41, 5.74) is 1.40. The predicted octanol–water partition coefficient (Wildman–Crippen LogP) is 1.69. The zero-order chi connectivity index (χ0) is 12.8. The molecule has 17 heavy (non-hydrogen) atoms. The zero-order valence-electron chi connectivity index (χ0n) is 10.3. The van der Waals surface area contributed by atoms with E-state index in [-0.39, 0.29) is 17.2 Å². The molecule has 0 spiro atoms. The summed E-state index contributed by atoms with van der Waals surface area (Å²) in [5.74, 6) is 0. The van der Waals surface area contributed by atoms with E-state index in [0.717, 1.165) is 6.42 Å². The molecule has 0 atom stereocenters. The number of hydrogen-bond donors (Lipinski definition) is 1. The number of hydrogen-bond acceptors (Lipinski definition) is 4. The Kier molecular flexibility index (Phi) is 5.09. The van der Waals surface area contributed by atoms with Crippen molar-refractivity contribution in [2.24, 2.45) is 0 Å². The van der Waals surface area contributed by atoms with Gasteiger partial charge in [-0.1, -0.05) is 13.8 Å². The van der Waals surface area contributed by atoms with Crippen LogP contribution in [0.4, 0.5) is 5.69 Å². The Morgan fingerprint density at radius 1 is 1.35 bits per heavy atom. The van der Waals surface area contributed by atoms with E-state index in [9.17, 15) is 10.1 Å². The molecular formula is C11H19N3O3. The lowest BCUT2D eigenvalue weighted by Gasteiger charge is -2.03. The van der Waals surface area contributed by atoms with Gasteiger partial charge in [0.2, 0.25) is 0 Å². The van der Waals surface area contributed by atoms with Crippen LogP contribution in [-0.2, 0) is 19.4 Å². The first kappa shape index (κ1) is 13.6. The van der Waals surface area contributed by atoms with Crippen LogP contribution in [0.15, 0.2) is 0 Å². The highest BCUT2D eigenvalue weighted by atomic mass is 16.6. The van der Waals surface area contributed by atoms with E-state index in [4.69, 9.17) is 5.11 Å². The van der Waals surface area contributed by atoms with Gasteiger partial charge < -0.3 is 5.11 Å². The van der Waals surface area contributed by atoms with Gasteiger partial charge in [0.15, 0.2) is 0 Å². The molecule has 0 aliphatic rings. The molecule has 96 valence electrons. The maximum Gasteiger partial charge on any atom is 0.313 e. The maximum atomic E-state index is 11.0. The SMILES string of the molecule is CCc1nn(CCCCO)c(CC)c1[N+](=O)[O-]. The molecule has 0 bridgehead atoms. The fourth-order valence-corrected chi connectivity index (χ4v) is 1.90.